The monoisotopic (exact) mass is 850 g/mol. The van der Waals surface area contributed by atoms with Gasteiger partial charge in [-0.05, 0) is 114 Å². The third kappa shape index (κ3) is 5.45. The predicted molar refractivity (Wildman–Crippen MR) is 280 cm³/mol. The highest BCUT2D eigenvalue weighted by Gasteiger charge is 2.51. The van der Waals surface area contributed by atoms with E-state index in [1.54, 1.807) is 0 Å². The summed E-state index contributed by atoms with van der Waals surface area (Å²) in [5.41, 5.74) is 21.5. The molecule has 1 spiro atoms. The van der Waals surface area contributed by atoms with Crippen molar-refractivity contribution in [3.8, 4) is 50.2 Å². The normalized spacial score (nSPS) is 14.3. The molecular formula is C65H42N2. The van der Waals surface area contributed by atoms with Crippen LogP contribution >= 0.6 is 0 Å². The van der Waals surface area contributed by atoms with Crippen LogP contribution in [0, 0.1) is 0 Å². The Morgan fingerprint density at radius 2 is 0.866 bits per heavy atom. The Bertz CT molecular complexity index is 3910. The lowest BCUT2D eigenvalue weighted by atomic mass is 9.65. The Balaban J connectivity index is 0.990. The predicted octanol–water partition coefficient (Wildman–Crippen LogP) is 17.1. The van der Waals surface area contributed by atoms with Crippen molar-refractivity contribution in [2.75, 3.05) is 4.90 Å². The molecule has 0 N–H and O–H groups in total. The highest BCUT2D eigenvalue weighted by Crippen LogP contribution is 2.61. The van der Waals surface area contributed by atoms with Gasteiger partial charge in [0.1, 0.15) is 0 Å². The first-order chi connectivity index (χ1) is 33.3. The fraction of sp³-hybridized carbons (Fsp3) is 0.0154. The van der Waals surface area contributed by atoms with Gasteiger partial charge in [-0.2, -0.15) is 0 Å². The number of nitrogens with zero attached hydrogens (tertiary/aromatic N) is 2. The smallest absolute Gasteiger partial charge is 0.0754 e. The van der Waals surface area contributed by atoms with E-state index >= 15 is 0 Å². The standard InChI is InChI=1S/C65H42N2/c1-2-16-43(17-3-1)44-32-34-47(35-33-44)52-21-7-11-29-61(52)66(48-38-36-46(37-39-48)51-24-14-19-45-18-4-5-20-50(45)51)49-40-41-58-56(42-49)53-22-6-9-26-57(53)65(58)59-27-10-13-31-63(59)67-62-30-12-8-23-54(62)55-25-15-28-60(65)64(55)67/h1-42H. The number of anilines is 3. The van der Waals surface area contributed by atoms with Crippen molar-refractivity contribution in [3.05, 3.63) is 277 Å². The average Bonchev–Trinajstić information content (AvgIpc) is 3.90. The average molecular weight is 851 g/mol. The van der Waals surface area contributed by atoms with Crippen molar-refractivity contribution in [1.29, 1.82) is 0 Å². The van der Waals surface area contributed by atoms with Crippen LogP contribution in [0.3, 0.4) is 0 Å². The van der Waals surface area contributed by atoms with Crippen LogP contribution in [0.1, 0.15) is 22.3 Å². The summed E-state index contributed by atoms with van der Waals surface area (Å²) in [7, 11) is 0. The molecule has 0 bridgehead atoms. The largest absolute Gasteiger partial charge is 0.310 e. The number of hydrogen-bond donors (Lipinski definition) is 0. The summed E-state index contributed by atoms with van der Waals surface area (Å²) in [5, 5.41) is 5.07. The van der Waals surface area contributed by atoms with E-state index in [0.717, 1.165) is 17.1 Å². The highest BCUT2D eigenvalue weighted by atomic mass is 15.1. The molecule has 0 saturated heterocycles. The van der Waals surface area contributed by atoms with Crippen LogP contribution in [0.25, 0.3) is 82.8 Å². The lowest BCUT2D eigenvalue weighted by molar-refractivity contribution is 0.748. The Morgan fingerprint density at radius 3 is 1.73 bits per heavy atom. The van der Waals surface area contributed by atoms with Gasteiger partial charge in [0.25, 0.3) is 0 Å². The van der Waals surface area contributed by atoms with Gasteiger partial charge < -0.3 is 9.47 Å². The fourth-order valence-corrected chi connectivity index (χ4v) is 11.8. The van der Waals surface area contributed by atoms with Crippen LogP contribution < -0.4 is 4.90 Å². The summed E-state index contributed by atoms with van der Waals surface area (Å²) >= 11 is 0. The summed E-state index contributed by atoms with van der Waals surface area (Å²) < 4.78 is 2.52. The molecule has 0 radical (unpaired) electrons. The fourth-order valence-electron chi connectivity index (χ4n) is 11.8. The number of aromatic nitrogens is 1. The molecule has 1 aliphatic heterocycles. The van der Waals surface area contributed by atoms with Crippen LogP contribution in [0.4, 0.5) is 17.1 Å². The van der Waals surface area contributed by atoms with Crippen molar-refractivity contribution >= 4 is 49.6 Å². The minimum Gasteiger partial charge on any atom is -0.310 e. The zero-order chi connectivity index (χ0) is 44.1. The zero-order valence-electron chi connectivity index (χ0n) is 36.6. The topological polar surface area (TPSA) is 8.17 Å². The molecule has 1 atom stereocenters. The maximum absolute atomic E-state index is 2.52. The van der Waals surface area contributed by atoms with E-state index in [-0.39, 0.29) is 0 Å². The Hall–Kier alpha value is -8.72. The molecule has 67 heavy (non-hydrogen) atoms. The van der Waals surface area contributed by atoms with Crippen LogP contribution in [0.2, 0.25) is 0 Å². The lowest BCUT2D eigenvalue weighted by Crippen LogP contribution is -2.33. The summed E-state index contributed by atoms with van der Waals surface area (Å²) in [6.07, 6.45) is 0. The molecule has 2 aliphatic rings. The number of hydrogen-bond acceptors (Lipinski definition) is 1. The first kappa shape index (κ1) is 37.6. The van der Waals surface area contributed by atoms with Crippen molar-refractivity contribution in [2.24, 2.45) is 0 Å². The second kappa shape index (κ2) is 14.7. The molecule has 11 aromatic carbocycles. The van der Waals surface area contributed by atoms with Gasteiger partial charge in [0.2, 0.25) is 0 Å². The quantitative estimate of drug-likeness (QED) is 0.162. The molecule has 2 heterocycles. The van der Waals surface area contributed by atoms with Gasteiger partial charge >= 0.3 is 0 Å². The number of fused-ring (bicyclic) bond motifs is 13. The van der Waals surface area contributed by atoms with E-state index in [2.05, 4.69) is 264 Å². The minimum absolute atomic E-state index is 0.520. The van der Waals surface area contributed by atoms with Crippen molar-refractivity contribution in [2.45, 2.75) is 5.41 Å². The third-order valence-electron chi connectivity index (χ3n) is 14.6. The van der Waals surface area contributed by atoms with Crippen LogP contribution in [-0.4, -0.2) is 4.57 Å². The summed E-state index contributed by atoms with van der Waals surface area (Å²) in [5.74, 6) is 0. The molecule has 1 aliphatic carbocycles. The number of rotatable bonds is 6. The maximum Gasteiger partial charge on any atom is 0.0754 e. The second-order valence-electron chi connectivity index (χ2n) is 18.0. The van der Waals surface area contributed by atoms with Gasteiger partial charge in [0, 0.05) is 27.7 Å². The van der Waals surface area contributed by atoms with Gasteiger partial charge in [0.15, 0.2) is 0 Å². The molecule has 14 rings (SSSR count). The summed E-state index contributed by atoms with van der Waals surface area (Å²) in [6, 6.07) is 94.3. The van der Waals surface area contributed by atoms with E-state index in [4.69, 9.17) is 0 Å². The van der Waals surface area contributed by atoms with Crippen LogP contribution in [-0.2, 0) is 5.41 Å². The first-order valence-corrected chi connectivity index (χ1v) is 23.3. The summed E-state index contributed by atoms with van der Waals surface area (Å²) in [6.45, 7) is 0. The first-order valence-electron chi connectivity index (χ1n) is 23.3. The van der Waals surface area contributed by atoms with Crippen LogP contribution in [0.5, 0.6) is 0 Å². The minimum atomic E-state index is -0.520. The van der Waals surface area contributed by atoms with Gasteiger partial charge in [0.05, 0.1) is 27.8 Å². The maximum atomic E-state index is 2.52. The van der Waals surface area contributed by atoms with Crippen molar-refractivity contribution in [3.63, 3.8) is 0 Å². The molecule has 0 amide bonds. The van der Waals surface area contributed by atoms with E-state index in [0.29, 0.717) is 0 Å². The van der Waals surface area contributed by atoms with E-state index in [1.165, 1.54) is 105 Å². The molecule has 0 saturated carbocycles. The second-order valence-corrected chi connectivity index (χ2v) is 18.0. The highest BCUT2D eigenvalue weighted by molar-refractivity contribution is 6.13. The van der Waals surface area contributed by atoms with Crippen molar-refractivity contribution in [1.82, 2.24) is 4.57 Å². The van der Waals surface area contributed by atoms with Crippen LogP contribution in [0.15, 0.2) is 255 Å². The van der Waals surface area contributed by atoms with E-state index < -0.39 is 5.41 Å². The molecule has 2 nitrogen and oxygen atoms in total. The van der Waals surface area contributed by atoms with Gasteiger partial charge in [-0.3, -0.25) is 0 Å². The number of benzene rings is 11. The van der Waals surface area contributed by atoms with Gasteiger partial charge in [-0.15, -0.1) is 0 Å². The SMILES string of the molecule is c1ccc(-c2ccc(-c3ccccc3N(c3ccc(-c4cccc5ccccc45)cc3)c3ccc4c(c3)-c3ccccc3C43c4ccccc4-n4c5ccccc5c5cccc3c54)cc2)cc1. The van der Waals surface area contributed by atoms with Gasteiger partial charge in [-0.1, -0.05) is 212 Å². The third-order valence-corrected chi connectivity index (χ3v) is 14.6. The Kier molecular flexibility index (Phi) is 8.23. The summed E-state index contributed by atoms with van der Waals surface area (Å²) in [4.78, 5) is 2.47. The van der Waals surface area contributed by atoms with E-state index in [9.17, 15) is 0 Å². The van der Waals surface area contributed by atoms with Gasteiger partial charge in [-0.25, -0.2) is 0 Å². The molecule has 312 valence electrons. The molecular weight excluding hydrogens is 809 g/mol. The molecule has 1 unspecified atom stereocenters. The van der Waals surface area contributed by atoms with Crippen molar-refractivity contribution < 1.29 is 0 Å². The number of para-hydroxylation sites is 4. The Morgan fingerprint density at radius 1 is 0.313 bits per heavy atom. The molecule has 2 heteroatoms. The lowest BCUT2D eigenvalue weighted by Gasteiger charge is -2.39. The molecule has 12 aromatic rings. The zero-order valence-corrected chi connectivity index (χ0v) is 36.6. The van der Waals surface area contributed by atoms with E-state index in [1.807, 2.05) is 0 Å². The molecule has 1 aromatic heterocycles. The molecule has 0 fully saturated rings. The Labute approximate surface area is 389 Å².